The summed E-state index contributed by atoms with van der Waals surface area (Å²) in [5.74, 6) is 2.49. The van der Waals surface area contributed by atoms with Gasteiger partial charge in [0.2, 0.25) is 11.9 Å². The Morgan fingerprint density at radius 1 is 1.10 bits per heavy atom. The van der Waals surface area contributed by atoms with Crippen LogP contribution in [0.15, 0.2) is 51.0 Å². The summed E-state index contributed by atoms with van der Waals surface area (Å²) in [6, 6.07) is 7.74. The lowest BCUT2D eigenvalue weighted by Crippen LogP contribution is -2.45. The molecule has 0 amide bonds. The first-order valence-corrected chi connectivity index (χ1v) is 11.0. The van der Waals surface area contributed by atoms with Gasteiger partial charge in [-0.2, -0.15) is 15.0 Å². The van der Waals surface area contributed by atoms with Gasteiger partial charge in [0.15, 0.2) is 5.16 Å². The molecule has 2 aliphatic rings. The maximum atomic E-state index is 5.93. The largest absolute Gasteiger partial charge is 0.399 e. The third-order valence-corrected chi connectivity index (χ3v) is 6.05. The van der Waals surface area contributed by atoms with Gasteiger partial charge in [0, 0.05) is 36.8 Å². The first-order chi connectivity index (χ1) is 14.5. The number of anilines is 3. The summed E-state index contributed by atoms with van der Waals surface area (Å²) in [6.45, 7) is 8.83. The highest BCUT2D eigenvalue weighted by Crippen LogP contribution is 2.28. The van der Waals surface area contributed by atoms with Crippen LogP contribution in [0.5, 0.6) is 0 Å². The number of hydrogen-bond acceptors (Lipinski definition) is 9. The number of likely N-dealkylation sites (N-methyl/N-ethyl adjacent to an activating group) is 1. The third kappa shape index (κ3) is 5.09. The normalized spacial score (nSPS) is 17.3. The van der Waals surface area contributed by atoms with Crippen LogP contribution in [0.3, 0.4) is 0 Å². The Labute approximate surface area is 181 Å². The molecule has 2 aliphatic heterocycles. The number of amidine groups is 1. The molecule has 9 heteroatoms. The van der Waals surface area contributed by atoms with Crippen molar-refractivity contribution in [1.82, 2.24) is 19.9 Å². The summed E-state index contributed by atoms with van der Waals surface area (Å²) in [5, 5.41) is 3.93. The molecule has 0 atom stereocenters. The zero-order valence-electron chi connectivity index (χ0n) is 17.7. The van der Waals surface area contributed by atoms with Gasteiger partial charge >= 0.3 is 0 Å². The molecule has 3 N–H and O–H groups in total. The molecule has 1 saturated heterocycles. The molecule has 1 fully saturated rings. The zero-order chi connectivity index (χ0) is 21.1. The molecule has 30 heavy (non-hydrogen) atoms. The van der Waals surface area contributed by atoms with Crippen LogP contribution in [0, 0.1) is 5.92 Å². The van der Waals surface area contributed by atoms with Crippen LogP contribution in [0.4, 0.5) is 17.6 Å². The number of aromatic nitrogens is 3. The molecule has 1 aromatic carbocycles. The summed E-state index contributed by atoms with van der Waals surface area (Å²) >= 11 is 1.48. The lowest BCUT2D eigenvalue weighted by Gasteiger charge is -2.32. The van der Waals surface area contributed by atoms with E-state index in [0.29, 0.717) is 23.0 Å². The number of rotatable bonds is 5. The van der Waals surface area contributed by atoms with E-state index in [9.17, 15) is 0 Å². The van der Waals surface area contributed by atoms with Crippen molar-refractivity contribution >= 4 is 35.2 Å². The van der Waals surface area contributed by atoms with Crippen molar-refractivity contribution in [3.63, 3.8) is 0 Å². The van der Waals surface area contributed by atoms with Crippen LogP contribution < -0.4 is 16.0 Å². The number of nitrogens with two attached hydrogens (primary N) is 1. The van der Waals surface area contributed by atoms with Gasteiger partial charge in [0.1, 0.15) is 5.84 Å². The van der Waals surface area contributed by atoms with Gasteiger partial charge in [-0.3, -0.25) is 4.99 Å². The van der Waals surface area contributed by atoms with Gasteiger partial charge in [0.05, 0.1) is 6.54 Å². The Balaban J connectivity index is 1.60. The molecule has 0 bridgehead atoms. The Morgan fingerprint density at radius 2 is 1.90 bits per heavy atom. The summed E-state index contributed by atoms with van der Waals surface area (Å²) in [6.07, 6.45) is 2.09. The molecule has 2 aromatic rings. The van der Waals surface area contributed by atoms with Crippen molar-refractivity contribution in [2.75, 3.05) is 55.7 Å². The number of nitrogen functional groups attached to an aromatic ring is 1. The highest BCUT2D eigenvalue weighted by atomic mass is 32.2. The highest BCUT2D eigenvalue weighted by Gasteiger charge is 2.20. The molecule has 0 radical (unpaired) electrons. The maximum absolute atomic E-state index is 5.93. The number of hydrogen-bond donors (Lipinski definition) is 2. The molecule has 0 spiro atoms. The van der Waals surface area contributed by atoms with Crippen molar-refractivity contribution in [3.8, 4) is 0 Å². The van der Waals surface area contributed by atoms with Gasteiger partial charge in [-0.05, 0) is 54.6 Å². The minimum absolute atomic E-state index is 0.474. The lowest BCUT2D eigenvalue weighted by molar-refractivity contribution is 0.311. The minimum Gasteiger partial charge on any atom is -0.399 e. The quantitative estimate of drug-likeness (QED) is 0.708. The van der Waals surface area contributed by atoms with E-state index >= 15 is 0 Å². The van der Waals surface area contributed by atoms with Gasteiger partial charge in [-0.1, -0.05) is 19.9 Å². The molecular weight excluding hydrogens is 396 g/mol. The SMILES string of the molecule is CC(C)C1=CC(Nc2nc(Sc3cccc(N)c3)nc(N3CCN(C)CC3)n2)=NC1. The molecule has 1 aromatic heterocycles. The first kappa shape index (κ1) is 20.6. The third-order valence-electron chi connectivity index (χ3n) is 5.19. The van der Waals surface area contributed by atoms with Crippen molar-refractivity contribution in [2.24, 2.45) is 10.9 Å². The average molecular weight is 425 g/mol. The maximum Gasteiger partial charge on any atom is 0.234 e. The van der Waals surface area contributed by atoms with Crippen LogP contribution in [0.1, 0.15) is 13.8 Å². The van der Waals surface area contributed by atoms with Crippen LogP contribution >= 0.6 is 11.8 Å². The smallest absolute Gasteiger partial charge is 0.234 e. The molecule has 0 saturated carbocycles. The van der Waals surface area contributed by atoms with E-state index in [1.165, 1.54) is 17.3 Å². The second-order valence-corrected chi connectivity index (χ2v) is 8.95. The fourth-order valence-electron chi connectivity index (χ4n) is 3.26. The number of benzene rings is 1. The summed E-state index contributed by atoms with van der Waals surface area (Å²) < 4.78 is 0. The molecule has 0 aliphatic carbocycles. The summed E-state index contributed by atoms with van der Waals surface area (Å²) in [7, 11) is 2.13. The Bertz CT molecular complexity index is 963. The van der Waals surface area contributed by atoms with Crippen molar-refractivity contribution in [3.05, 3.63) is 35.9 Å². The summed E-state index contributed by atoms with van der Waals surface area (Å²) in [4.78, 5) is 24.2. The van der Waals surface area contributed by atoms with Crippen molar-refractivity contribution < 1.29 is 0 Å². The topological polar surface area (TPSA) is 95.6 Å². The number of aliphatic imine (C=N–C) groups is 1. The standard InChI is InChI=1S/C21H28N8S/c1-14(2)15-11-18(23-13-15)24-19-25-20(29-9-7-28(3)8-10-29)27-21(26-19)30-17-6-4-5-16(22)12-17/h4-6,11-12,14H,7-10,13,22H2,1-3H3,(H,23,24,25,26,27). The zero-order valence-corrected chi connectivity index (χ0v) is 18.5. The lowest BCUT2D eigenvalue weighted by atomic mass is 10.0. The predicted molar refractivity (Wildman–Crippen MR) is 123 cm³/mol. The Morgan fingerprint density at radius 3 is 2.60 bits per heavy atom. The molecule has 4 rings (SSSR count). The van der Waals surface area contributed by atoms with Crippen LogP contribution in [0.25, 0.3) is 0 Å². The second-order valence-electron chi connectivity index (χ2n) is 7.91. The van der Waals surface area contributed by atoms with Gasteiger partial charge in [-0.25, -0.2) is 0 Å². The van der Waals surface area contributed by atoms with Crippen molar-refractivity contribution in [1.29, 1.82) is 0 Å². The monoisotopic (exact) mass is 424 g/mol. The van der Waals surface area contributed by atoms with E-state index in [-0.39, 0.29) is 0 Å². The van der Waals surface area contributed by atoms with Crippen LogP contribution in [-0.4, -0.2) is 65.5 Å². The van der Waals surface area contributed by atoms with E-state index < -0.39 is 0 Å². The average Bonchev–Trinajstić information content (AvgIpc) is 3.17. The number of nitrogens with zero attached hydrogens (tertiary/aromatic N) is 6. The fourth-order valence-corrected chi connectivity index (χ4v) is 4.07. The minimum atomic E-state index is 0.474. The van der Waals surface area contributed by atoms with E-state index in [0.717, 1.165) is 49.1 Å². The van der Waals surface area contributed by atoms with Gasteiger partial charge in [-0.15, -0.1) is 0 Å². The Hall–Kier alpha value is -2.65. The second kappa shape index (κ2) is 9.01. The number of nitrogens with one attached hydrogen (secondary N) is 1. The predicted octanol–water partition coefficient (Wildman–Crippen LogP) is 2.76. The molecular formula is C21H28N8S. The van der Waals surface area contributed by atoms with E-state index in [1.54, 1.807) is 0 Å². The number of piperazine rings is 1. The van der Waals surface area contributed by atoms with Crippen molar-refractivity contribution in [2.45, 2.75) is 23.9 Å². The van der Waals surface area contributed by atoms with Crippen LogP contribution in [-0.2, 0) is 0 Å². The van der Waals surface area contributed by atoms with E-state index in [2.05, 4.69) is 52.1 Å². The van der Waals surface area contributed by atoms with Gasteiger partial charge in [0.25, 0.3) is 0 Å². The first-order valence-electron chi connectivity index (χ1n) is 10.2. The fraction of sp³-hybridized carbons (Fsp3) is 0.429. The van der Waals surface area contributed by atoms with Crippen LogP contribution in [0.2, 0.25) is 0 Å². The molecule has 0 unspecified atom stereocenters. The van der Waals surface area contributed by atoms with Gasteiger partial charge < -0.3 is 20.9 Å². The van der Waals surface area contributed by atoms with E-state index in [4.69, 9.17) is 15.7 Å². The molecule has 8 nitrogen and oxygen atoms in total. The summed E-state index contributed by atoms with van der Waals surface area (Å²) in [5.41, 5.74) is 7.96. The Kier molecular flexibility index (Phi) is 6.19. The highest BCUT2D eigenvalue weighted by molar-refractivity contribution is 7.99. The molecule has 3 heterocycles. The molecule has 158 valence electrons. The van der Waals surface area contributed by atoms with E-state index in [1.807, 2.05) is 24.3 Å².